The fourth-order valence-electron chi connectivity index (χ4n) is 2.37. The molecule has 3 aromatic rings. The van der Waals surface area contributed by atoms with Gasteiger partial charge in [-0.15, -0.1) is 11.3 Å². The van der Waals surface area contributed by atoms with E-state index in [4.69, 9.17) is 9.47 Å². The Morgan fingerprint density at radius 3 is 2.46 bits per heavy atom. The Kier molecular flexibility index (Phi) is 6.33. The number of carbonyl (C=O) groups excluding carboxylic acids is 1. The molecule has 28 heavy (non-hydrogen) atoms. The summed E-state index contributed by atoms with van der Waals surface area (Å²) in [4.78, 5) is 12.4. The van der Waals surface area contributed by atoms with Crippen LogP contribution in [0.1, 0.15) is 15.9 Å². The molecular weight excluding hydrogens is 398 g/mol. The Labute approximate surface area is 167 Å². The van der Waals surface area contributed by atoms with Gasteiger partial charge >= 0.3 is 5.97 Å². The van der Waals surface area contributed by atoms with E-state index in [0.29, 0.717) is 5.75 Å². The van der Waals surface area contributed by atoms with Crippen LogP contribution < -0.4 is 9.46 Å². The number of hydrogen-bond acceptors (Lipinski definition) is 6. The number of carbonyl (C=O) groups is 1. The zero-order valence-corrected chi connectivity index (χ0v) is 16.8. The fraction of sp³-hybridized carbons (Fsp3) is 0.150. The van der Waals surface area contributed by atoms with Crippen molar-refractivity contribution in [1.29, 1.82) is 0 Å². The number of sulfonamides is 1. The summed E-state index contributed by atoms with van der Waals surface area (Å²) in [6, 6.07) is 17.0. The van der Waals surface area contributed by atoms with Gasteiger partial charge in [-0.1, -0.05) is 35.9 Å². The minimum absolute atomic E-state index is 0.0404. The quantitative estimate of drug-likeness (QED) is 0.441. The number of nitrogens with one attached hydrogen (secondary N) is 1. The van der Waals surface area contributed by atoms with Crippen LogP contribution in [-0.4, -0.2) is 27.6 Å². The van der Waals surface area contributed by atoms with E-state index >= 15 is 0 Å². The molecule has 0 bridgehead atoms. The summed E-state index contributed by atoms with van der Waals surface area (Å²) in [5.41, 5.74) is 1.43. The molecule has 1 aromatic heterocycles. The second kappa shape index (κ2) is 8.90. The molecule has 0 saturated carbocycles. The van der Waals surface area contributed by atoms with Crippen LogP contribution in [0.4, 0.5) is 5.69 Å². The number of ether oxygens (including phenoxy) is 2. The van der Waals surface area contributed by atoms with Crippen molar-refractivity contribution in [2.24, 2.45) is 0 Å². The lowest BCUT2D eigenvalue weighted by Crippen LogP contribution is -2.17. The monoisotopic (exact) mass is 417 g/mol. The van der Waals surface area contributed by atoms with Crippen molar-refractivity contribution in [3.63, 3.8) is 0 Å². The summed E-state index contributed by atoms with van der Waals surface area (Å²) in [5.74, 6) is 0.0581. The third kappa shape index (κ3) is 5.11. The second-order valence-electron chi connectivity index (χ2n) is 5.88. The zero-order valence-electron chi connectivity index (χ0n) is 15.1. The summed E-state index contributed by atoms with van der Waals surface area (Å²) in [6.45, 7) is 2.21. The van der Waals surface area contributed by atoms with E-state index in [2.05, 4.69) is 4.72 Å². The Morgan fingerprint density at radius 1 is 1.00 bits per heavy atom. The van der Waals surface area contributed by atoms with Gasteiger partial charge in [0.15, 0.2) is 0 Å². The van der Waals surface area contributed by atoms with Gasteiger partial charge < -0.3 is 9.47 Å². The lowest BCUT2D eigenvalue weighted by molar-refractivity contribution is 0.0451. The molecule has 0 atom stereocenters. The average molecular weight is 418 g/mol. The minimum Gasteiger partial charge on any atom is -0.490 e. The number of anilines is 1. The van der Waals surface area contributed by atoms with Crippen LogP contribution in [0.25, 0.3) is 0 Å². The van der Waals surface area contributed by atoms with E-state index in [0.717, 1.165) is 16.9 Å². The highest BCUT2D eigenvalue weighted by molar-refractivity contribution is 7.94. The number of esters is 1. The maximum absolute atomic E-state index is 12.4. The van der Waals surface area contributed by atoms with Gasteiger partial charge in [0.05, 0.1) is 11.3 Å². The number of hydrogen-bond donors (Lipinski definition) is 1. The number of rotatable bonds is 8. The standard InChI is InChI=1S/C20H19NO5S2/c1-15-8-10-16(11-9-15)25-12-13-26-20(22)17-5-2-3-6-18(17)21-28(23,24)19-7-4-14-27-19/h2-11,14,21H,12-13H2,1H3. The maximum atomic E-state index is 12.4. The SMILES string of the molecule is Cc1ccc(OCCOC(=O)c2ccccc2NS(=O)(=O)c2cccs2)cc1. The molecule has 1 N–H and O–H groups in total. The topological polar surface area (TPSA) is 81.7 Å². The normalized spacial score (nSPS) is 11.0. The van der Waals surface area contributed by atoms with Crippen molar-refractivity contribution in [1.82, 2.24) is 0 Å². The van der Waals surface area contributed by atoms with E-state index in [1.54, 1.807) is 23.6 Å². The van der Waals surface area contributed by atoms with Crippen LogP contribution in [0.2, 0.25) is 0 Å². The first-order valence-electron chi connectivity index (χ1n) is 8.48. The number of benzene rings is 2. The van der Waals surface area contributed by atoms with Crippen LogP contribution >= 0.6 is 11.3 Å². The molecule has 0 aliphatic rings. The molecule has 0 saturated heterocycles. The van der Waals surface area contributed by atoms with Crippen molar-refractivity contribution < 1.29 is 22.7 Å². The van der Waals surface area contributed by atoms with Crippen LogP contribution in [-0.2, 0) is 14.8 Å². The third-order valence-electron chi connectivity index (χ3n) is 3.76. The molecule has 0 aliphatic heterocycles. The van der Waals surface area contributed by atoms with Crippen LogP contribution in [0.5, 0.6) is 5.75 Å². The van der Waals surface area contributed by atoms with E-state index in [9.17, 15) is 13.2 Å². The summed E-state index contributed by atoms with van der Waals surface area (Å²) < 4.78 is 38.2. The van der Waals surface area contributed by atoms with Crippen LogP contribution in [0.3, 0.4) is 0 Å². The number of thiophene rings is 1. The fourth-order valence-corrected chi connectivity index (χ4v) is 4.44. The zero-order chi connectivity index (χ0) is 20.0. The Balaban J connectivity index is 1.60. The van der Waals surface area contributed by atoms with Gasteiger partial charge in [-0.25, -0.2) is 13.2 Å². The molecule has 6 nitrogen and oxygen atoms in total. The maximum Gasteiger partial charge on any atom is 0.340 e. The molecule has 0 spiro atoms. The summed E-state index contributed by atoms with van der Waals surface area (Å²) in [5, 5.41) is 1.67. The molecule has 8 heteroatoms. The summed E-state index contributed by atoms with van der Waals surface area (Å²) in [7, 11) is -3.75. The Bertz CT molecular complexity index is 1030. The predicted molar refractivity (Wildman–Crippen MR) is 109 cm³/mol. The van der Waals surface area contributed by atoms with Gasteiger partial charge in [0.1, 0.15) is 23.2 Å². The molecule has 0 radical (unpaired) electrons. The molecule has 1 heterocycles. The van der Waals surface area contributed by atoms with E-state index in [-0.39, 0.29) is 28.7 Å². The van der Waals surface area contributed by atoms with Crippen molar-refractivity contribution in [3.8, 4) is 5.75 Å². The number of aryl methyl sites for hydroxylation is 1. The molecule has 0 unspecified atom stereocenters. The average Bonchev–Trinajstić information content (AvgIpc) is 3.22. The van der Waals surface area contributed by atoms with Gasteiger partial charge in [0, 0.05) is 0 Å². The third-order valence-corrected chi connectivity index (χ3v) is 6.52. The molecule has 0 amide bonds. The van der Waals surface area contributed by atoms with Crippen molar-refractivity contribution in [2.75, 3.05) is 17.9 Å². The minimum atomic E-state index is -3.75. The Hall–Kier alpha value is -2.84. The van der Waals surface area contributed by atoms with E-state index in [1.165, 1.54) is 18.2 Å². The molecule has 3 rings (SSSR count). The second-order valence-corrected chi connectivity index (χ2v) is 8.74. The van der Waals surface area contributed by atoms with Crippen molar-refractivity contribution >= 4 is 33.0 Å². The van der Waals surface area contributed by atoms with Gasteiger partial charge in [-0.2, -0.15) is 0 Å². The van der Waals surface area contributed by atoms with Crippen molar-refractivity contribution in [3.05, 3.63) is 77.2 Å². The molecule has 0 aliphatic carbocycles. The number of para-hydroxylation sites is 1. The van der Waals surface area contributed by atoms with Gasteiger partial charge in [-0.05, 0) is 42.6 Å². The Morgan fingerprint density at radius 2 is 1.75 bits per heavy atom. The molecular formula is C20H19NO5S2. The van der Waals surface area contributed by atoms with Gasteiger partial charge in [-0.3, -0.25) is 4.72 Å². The van der Waals surface area contributed by atoms with E-state index in [1.807, 2.05) is 31.2 Å². The summed E-state index contributed by atoms with van der Waals surface area (Å²) >= 11 is 1.10. The lowest BCUT2D eigenvalue weighted by Gasteiger charge is -2.12. The predicted octanol–water partition coefficient (Wildman–Crippen LogP) is 4.09. The van der Waals surface area contributed by atoms with Gasteiger partial charge in [0.2, 0.25) is 0 Å². The smallest absolute Gasteiger partial charge is 0.340 e. The molecule has 2 aromatic carbocycles. The first-order valence-corrected chi connectivity index (χ1v) is 10.8. The lowest BCUT2D eigenvalue weighted by atomic mass is 10.2. The van der Waals surface area contributed by atoms with Gasteiger partial charge in [0.25, 0.3) is 10.0 Å². The first kappa shape index (κ1) is 19.9. The highest BCUT2D eigenvalue weighted by Crippen LogP contribution is 2.23. The van der Waals surface area contributed by atoms with E-state index < -0.39 is 16.0 Å². The van der Waals surface area contributed by atoms with Crippen LogP contribution in [0.15, 0.2) is 70.3 Å². The summed E-state index contributed by atoms with van der Waals surface area (Å²) in [6.07, 6.45) is 0. The highest BCUT2D eigenvalue weighted by atomic mass is 32.2. The molecule has 146 valence electrons. The van der Waals surface area contributed by atoms with Crippen LogP contribution in [0, 0.1) is 6.92 Å². The molecule has 0 fully saturated rings. The largest absolute Gasteiger partial charge is 0.490 e. The van der Waals surface area contributed by atoms with Crippen molar-refractivity contribution in [2.45, 2.75) is 11.1 Å². The highest BCUT2D eigenvalue weighted by Gasteiger charge is 2.20. The first-order chi connectivity index (χ1) is 13.5.